The number of pyridine rings is 1. The molecule has 2 fully saturated rings. The van der Waals surface area contributed by atoms with Crippen LogP contribution in [0.25, 0.3) is 16.3 Å². The number of hydrogen-bond acceptors (Lipinski definition) is 8. The number of nitrogens with one attached hydrogen (secondary N) is 2. The van der Waals surface area contributed by atoms with Crippen LogP contribution in [0.4, 0.5) is 18.9 Å². The highest BCUT2D eigenvalue weighted by atomic mass is 32.2. The molecule has 0 aromatic carbocycles. The first-order chi connectivity index (χ1) is 16.5. The van der Waals surface area contributed by atoms with Gasteiger partial charge in [-0.1, -0.05) is 11.3 Å². The van der Waals surface area contributed by atoms with Crippen molar-refractivity contribution in [3.05, 3.63) is 23.5 Å². The highest BCUT2D eigenvalue weighted by molar-refractivity contribution is 7.89. The van der Waals surface area contributed by atoms with Gasteiger partial charge in [0.25, 0.3) is 6.43 Å². The van der Waals surface area contributed by atoms with Crippen molar-refractivity contribution in [3.8, 4) is 10.8 Å². The van der Waals surface area contributed by atoms with Crippen LogP contribution in [0.15, 0.2) is 23.4 Å². The molecule has 0 unspecified atom stereocenters. The number of sulfonamides is 1. The van der Waals surface area contributed by atoms with Gasteiger partial charge in [0.15, 0.2) is 15.8 Å². The minimum absolute atomic E-state index is 0.00107. The first kappa shape index (κ1) is 24.4. The molecule has 0 amide bonds. The predicted octanol–water partition coefficient (Wildman–Crippen LogP) is 3.15. The summed E-state index contributed by atoms with van der Waals surface area (Å²) in [5, 5.41) is 10.3. The van der Waals surface area contributed by atoms with Crippen LogP contribution >= 0.6 is 11.3 Å². The number of rotatable bonds is 7. The summed E-state index contributed by atoms with van der Waals surface area (Å²) >= 11 is 0.699. The second-order valence-electron chi connectivity index (χ2n) is 9.51. The highest BCUT2D eigenvalue weighted by Gasteiger charge is 2.42. The van der Waals surface area contributed by atoms with Crippen LogP contribution in [0.2, 0.25) is 0 Å². The molecular weight excluding hydrogens is 503 g/mol. The maximum absolute atomic E-state index is 13.6. The lowest BCUT2D eigenvalue weighted by atomic mass is 10.0. The van der Waals surface area contributed by atoms with Crippen LogP contribution in [0.1, 0.15) is 45.0 Å². The van der Waals surface area contributed by atoms with Crippen LogP contribution in [0.3, 0.4) is 0 Å². The molecule has 1 aliphatic heterocycles. The first-order valence-corrected chi connectivity index (χ1v) is 13.6. The molecule has 1 saturated carbocycles. The molecule has 1 saturated heterocycles. The molecule has 2 N–H and O–H groups in total. The zero-order chi connectivity index (χ0) is 25.1. The van der Waals surface area contributed by atoms with Crippen LogP contribution in [-0.2, 0) is 10.0 Å². The number of hydrogen-bond donors (Lipinski definition) is 2. The number of nitrogens with zero attached hydrogens (tertiary/aromatic N) is 5. The Bertz CT molecular complexity index is 1360. The van der Waals surface area contributed by atoms with E-state index in [4.69, 9.17) is 0 Å². The number of halogens is 3. The number of anilines is 1. The fraction of sp³-hybridized carbons (Fsp3) is 0.571. The SMILES string of the molecule is C[C@@H]1N[C@@H](CF)CN(c2cc(S(=O)(=O)NC3(C)CC3)cn3c(-c4nnc(C(F)F)s4)ncc23)[C@@H]1C. The van der Waals surface area contributed by atoms with Gasteiger partial charge in [0.05, 0.1) is 23.4 Å². The van der Waals surface area contributed by atoms with Crippen molar-refractivity contribution in [2.75, 3.05) is 18.1 Å². The maximum Gasteiger partial charge on any atom is 0.291 e. The molecule has 0 spiro atoms. The Balaban J connectivity index is 1.68. The van der Waals surface area contributed by atoms with E-state index in [1.54, 1.807) is 16.7 Å². The van der Waals surface area contributed by atoms with Gasteiger partial charge < -0.3 is 10.2 Å². The minimum atomic E-state index is -3.91. The Hall–Kier alpha value is -2.29. The molecule has 3 atom stereocenters. The summed E-state index contributed by atoms with van der Waals surface area (Å²) in [5.74, 6) is 0.207. The quantitative estimate of drug-likeness (QED) is 0.485. The fourth-order valence-corrected chi connectivity index (χ4v) is 6.50. The second kappa shape index (κ2) is 8.68. The van der Waals surface area contributed by atoms with Crippen LogP contribution < -0.4 is 14.9 Å². The lowest BCUT2D eigenvalue weighted by Crippen LogP contribution is -2.61. The van der Waals surface area contributed by atoms with Crippen molar-refractivity contribution in [1.82, 2.24) is 29.6 Å². The monoisotopic (exact) mass is 529 g/mol. The van der Waals surface area contributed by atoms with E-state index in [-0.39, 0.29) is 27.8 Å². The van der Waals surface area contributed by atoms with Gasteiger partial charge in [0, 0.05) is 30.4 Å². The summed E-state index contributed by atoms with van der Waals surface area (Å²) in [7, 11) is -3.91. The van der Waals surface area contributed by atoms with E-state index in [0.717, 1.165) is 12.8 Å². The summed E-state index contributed by atoms with van der Waals surface area (Å²) in [4.78, 5) is 6.35. The Labute approximate surface area is 204 Å². The topological polar surface area (TPSA) is 105 Å². The third-order valence-corrected chi connectivity index (χ3v) is 9.26. The molecule has 0 radical (unpaired) electrons. The average Bonchev–Trinajstić information content (AvgIpc) is 3.19. The number of fused-ring (bicyclic) bond motifs is 1. The molecular formula is C21H26F3N7O2S2. The summed E-state index contributed by atoms with van der Waals surface area (Å²) < 4.78 is 70.9. The molecule has 14 heteroatoms. The molecule has 0 bridgehead atoms. The van der Waals surface area contributed by atoms with Gasteiger partial charge in [-0.15, -0.1) is 10.2 Å². The molecule has 3 aromatic rings. The van der Waals surface area contributed by atoms with E-state index in [1.165, 1.54) is 6.20 Å². The van der Waals surface area contributed by atoms with Gasteiger partial charge in [0.2, 0.25) is 10.0 Å². The van der Waals surface area contributed by atoms with Gasteiger partial charge >= 0.3 is 0 Å². The molecule has 4 heterocycles. The standard InChI is InChI=1S/C21H26F3N7O2S2/c1-11-12(2)30(9-13(7-22)26-11)15-6-14(35(32,33)29-21(3)4-5-21)10-31-16(15)8-25-18(31)20-28-27-19(34-20)17(23)24/h6,8,10-13,17,26,29H,4-5,7,9H2,1-3H3/t11-,12+,13-/m0/s1. The largest absolute Gasteiger partial charge is 0.364 e. The Kier molecular flexibility index (Phi) is 6.05. The van der Waals surface area contributed by atoms with Crippen molar-refractivity contribution >= 4 is 32.6 Å². The van der Waals surface area contributed by atoms with Gasteiger partial charge in [-0.05, 0) is 39.7 Å². The minimum Gasteiger partial charge on any atom is -0.364 e. The van der Waals surface area contributed by atoms with Crippen molar-refractivity contribution in [3.63, 3.8) is 0 Å². The molecule has 1 aliphatic carbocycles. The smallest absolute Gasteiger partial charge is 0.291 e. The summed E-state index contributed by atoms with van der Waals surface area (Å²) in [6.45, 7) is 5.51. The third-order valence-electron chi connectivity index (χ3n) is 6.73. The molecule has 3 aromatic heterocycles. The normalized spacial score (nSPS) is 24.4. The maximum atomic E-state index is 13.6. The number of piperazine rings is 1. The average molecular weight is 530 g/mol. The van der Waals surface area contributed by atoms with Gasteiger partial charge in [-0.25, -0.2) is 31.3 Å². The zero-order valence-corrected chi connectivity index (χ0v) is 21.0. The van der Waals surface area contributed by atoms with Crippen LogP contribution in [-0.4, -0.2) is 64.9 Å². The molecule has 9 nitrogen and oxygen atoms in total. The number of aromatic nitrogens is 4. The lowest BCUT2D eigenvalue weighted by Gasteiger charge is -2.44. The Morgan fingerprint density at radius 3 is 2.69 bits per heavy atom. The summed E-state index contributed by atoms with van der Waals surface area (Å²) in [5.41, 5.74) is 0.627. The Morgan fingerprint density at radius 1 is 1.31 bits per heavy atom. The van der Waals surface area contributed by atoms with E-state index in [1.807, 2.05) is 25.7 Å². The van der Waals surface area contributed by atoms with Crippen molar-refractivity contribution < 1.29 is 21.6 Å². The van der Waals surface area contributed by atoms with Gasteiger partial charge in [-0.2, -0.15) is 0 Å². The fourth-order valence-electron chi connectivity index (χ4n) is 4.32. The van der Waals surface area contributed by atoms with Crippen LogP contribution in [0.5, 0.6) is 0 Å². The third kappa shape index (κ3) is 4.52. The van der Waals surface area contributed by atoms with Crippen molar-refractivity contribution in [2.24, 2.45) is 0 Å². The second-order valence-corrected chi connectivity index (χ2v) is 12.2. The summed E-state index contributed by atoms with van der Waals surface area (Å²) in [6, 6.07) is 0.999. The molecule has 190 valence electrons. The number of imidazole rings is 1. The molecule has 5 rings (SSSR count). The van der Waals surface area contributed by atoms with E-state index in [2.05, 4.69) is 25.2 Å². The lowest BCUT2D eigenvalue weighted by molar-refractivity contribution is 0.150. The number of alkyl halides is 3. The zero-order valence-electron chi connectivity index (χ0n) is 19.4. The van der Waals surface area contributed by atoms with Gasteiger partial charge in [-0.3, -0.25) is 4.40 Å². The van der Waals surface area contributed by atoms with Gasteiger partial charge in [0.1, 0.15) is 11.6 Å². The summed E-state index contributed by atoms with van der Waals surface area (Å²) in [6.07, 6.45) is 1.67. The Morgan fingerprint density at radius 2 is 2.06 bits per heavy atom. The van der Waals surface area contributed by atoms with E-state index in [0.29, 0.717) is 29.1 Å². The molecule has 35 heavy (non-hydrogen) atoms. The van der Waals surface area contributed by atoms with Crippen LogP contribution in [0, 0.1) is 0 Å². The van der Waals surface area contributed by atoms with E-state index < -0.39 is 39.7 Å². The van der Waals surface area contributed by atoms with E-state index >= 15 is 0 Å². The van der Waals surface area contributed by atoms with E-state index in [9.17, 15) is 21.6 Å². The van der Waals surface area contributed by atoms with Crippen molar-refractivity contribution in [1.29, 1.82) is 0 Å². The highest BCUT2D eigenvalue weighted by Crippen LogP contribution is 2.38. The first-order valence-electron chi connectivity index (χ1n) is 11.3. The predicted molar refractivity (Wildman–Crippen MR) is 126 cm³/mol. The van der Waals surface area contributed by atoms with Crippen molar-refractivity contribution in [2.45, 2.75) is 68.6 Å². The molecule has 2 aliphatic rings.